The Kier molecular flexibility index (Phi) is 4.21. The van der Waals surface area contributed by atoms with E-state index in [1.165, 1.54) is 17.3 Å². The fraction of sp³-hybridized carbons (Fsp3) is 0.286. The van der Waals surface area contributed by atoms with Gasteiger partial charge in [0.1, 0.15) is 4.21 Å². The third kappa shape index (κ3) is 3.23. The number of rotatable bonds is 5. The summed E-state index contributed by atoms with van der Waals surface area (Å²) in [6, 6.07) is 11.4. The van der Waals surface area contributed by atoms with Crippen LogP contribution in [0.15, 0.2) is 40.6 Å². The highest BCUT2D eigenvalue weighted by atomic mass is 35.5. The summed E-state index contributed by atoms with van der Waals surface area (Å²) in [7, 11) is -3.45. The van der Waals surface area contributed by atoms with Crippen molar-refractivity contribution in [2.24, 2.45) is 0 Å². The number of hydrogen-bond acceptors (Lipinski definition) is 4. The molecule has 0 aliphatic carbocycles. The van der Waals surface area contributed by atoms with Gasteiger partial charge < -0.3 is 4.90 Å². The number of nitrogens with zero attached hydrogens (tertiary/aromatic N) is 1. The molecule has 0 amide bonds. The van der Waals surface area contributed by atoms with Crippen LogP contribution < -0.4 is 9.62 Å². The van der Waals surface area contributed by atoms with Crippen molar-refractivity contribution in [2.75, 3.05) is 24.5 Å². The van der Waals surface area contributed by atoms with Crippen molar-refractivity contribution in [3.05, 3.63) is 46.3 Å². The van der Waals surface area contributed by atoms with Gasteiger partial charge in [0.15, 0.2) is 0 Å². The normalized spacial score (nSPS) is 14.4. The summed E-state index contributed by atoms with van der Waals surface area (Å²) in [5, 5.41) is 0. The molecule has 7 heteroatoms. The second kappa shape index (κ2) is 5.96. The third-order valence-corrected chi connectivity index (χ3v) is 6.65. The molecule has 1 aromatic carbocycles. The van der Waals surface area contributed by atoms with Gasteiger partial charge in [0, 0.05) is 25.3 Å². The van der Waals surface area contributed by atoms with Gasteiger partial charge in [-0.05, 0) is 30.2 Å². The molecule has 0 unspecified atom stereocenters. The van der Waals surface area contributed by atoms with E-state index in [-0.39, 0.29) is 4.21 Å². The number of thiophene rings is 1. The SMILES string of the molecule is O=S(=O)(NCCN1CCc2ccccc21)c1ccc(Cl)s1. The van der Waals surface area contributed by atoms with E-state index >= 15 is 0 Å². The Hall–Kier alpha value is -1.08. The molecule has 0 atom stereocenters. The highest BCUT2D eigenvalue weighted by Gasteiger charge is 2.20. The summed E-state index contributed by atoms with van der Waals surface area (Å²) in [6.07, 6.45) is 1.02. The largest absolute Gasteiger partial charge is 0.370 e. The molecule has 1 aromatic heterocycles. The number of halogens is 1. The van der Waals surface area contributed by atoms with Crippen molar-refractivity contribution in [3.63, 3.8) is 0 Å². The Morgan fingerprint density at radius 3 is 2.81 bits per heavy atom. The lowest BCUT2D eigenvalue weighted by atomic mass is 10.2. The topological polar surface area (TPSA) is 49.4 Å². The van der Waals surface area contributed by atoms with Gasteiger partial charge in [-0.1, -0.05) is 29.8 Å². The van der Waals surface area contributed by atoms with E-state index < -0.39 is 10.0 Å². The first-order chi connectivity index (χ1) is 10.1. The maximum atomic E-state index is 12.1. The number of fused-ring (bicyclic) bond motifs is 1. The highest BCUT2D eigenvalue weighted by molar-refractivity contribution is 7.91. The van der Waals surface area contributed by atoms with Crippen molar-refractivity contribution >= 4 is 38.6 Å². The summed E-state index contributed by atoms with van der Waals surface area (Å²) in [4.78, 5) is 2.21. The lowest BCUT2D eigenvalue weighted by molar-refractivity contribution is 0.583. The van der Waals surface area contributed by atoms with Gasteiger partial charge >= 0.3 is 0 Å². The number of anilines is 1. The fourth-order valence-electron chi connectivity index (χ4n) is 2.47. The molecule has 0 saturated heterocycles. The maximum Gasteiger partial charge on any atom is 0.250 e. The van der Waals surface area contributed by atoms with E-state index in [1.807, 2.05) is 12.1 Å². The lowest BCUT2D eigenvalue weighted by Gasteiger charge is -2.19. The Morgan fingerprint density at radius 1 is 1.24 bits per heavy atom. The molecule has 4 nitrogen and oxygen atoms in total. The number of para-hydroxylation sites is 1. The Morgan fingerprint density at radius 2 is 2.05 bits per heavy atom. The molecule has 1 N–H and O–H groups in total. The van der Waals surface area contributed by atoms with Crippen LogP contribution in [0.25, 0.3) is 0 Å². The van der Waals surface area contributed by atoms with E-state index in [9.17, 15) is 8.42 Å². The molecular formula is C14H15ClN2O2S2. The van der Waals surface area contributed by atoms with E-state index in [2.05, 4.69) is 21.8 Å². The Labute approximate surface area is 133 Å². The van der Waals surface area contributed by atoms with Crippen LogP contribution >= 0.6 is 22.9 Å². The van der Waals surface area contributed by atoms with Crippen LogP contribution in [0.3, 0.4) is 0 Å². The molecule has 1 aliphatic heterocycles. The zero-order chi connectivity index (χ0) is 14.9. The summed E-state index contributed by atoms with van der Waals surface area (Å²) in [5.74, 6) is 0. The maximum absolute atomic E-state index is 12.1. The fourth-order valence-corrected chi connectivity index (χ4v) is 5.02. The smallest absolute Gasteiger partial charge is 0.250 e. The minimum absolute atomic E-state index is 0.259. The van der Waals surface area contributed by atoms with Gasteiger partial charge in [-0.3, -0.25) is 0 Å². The van der Waals surface area contributed by atoms with Gasteiger partial charge in [-0.15, -0.1) is 11.3 Å². The molecule has 2 heterocycles. The summed E-state index contributed by atoms with van der Waals surface area (Å²) >= 11 is 6.85. The molecular weight excluding hydrogens is 328 g/mol. The second-order valence-electron chi connectivity index (χ2n) is 4.82. The second-order valence-corrected chi connectivity index (χ2v) is 8.53. The van der Waals surface area contributed by atoms with Crippen LogP contribution in [-0.2, 0) is 16.4 Å². The van der Waals surface area contributed by atoms with E-state index in [4.69, 9.17) is 11.6 Å². The molecule has 0 saturated carbocycles. The van der Waals surface area contributed by atoms with Crippen molar-refractivity contribution in [1.29, 1.82) is 0 Å². The van der Waals surface area contributed by atoms with Crippen molar-refractivity contribution in [2.45, 2.75) is 10.6 Å². The minimum Gasteiger partial charge on any atom is -0.370 e. The molecule has 2 aromatic rings. The molecule has 112 valence electrons. The quantitative estimate of drug-likeness (QED) is 0.909. The Balaban J connectivity index is 1.60. The van der Waals surface area contributed by atoms with Crippen molar-refractivity contribution < 1.29 is 8.42 Å². The van der Waals surface area contributed by atoms with Crippen LogP contribution in [0.4, 0.5) is 5.69 Å². The first-order valence-corrected chi connectivity index (χ1v) is 9.32. The van der Waals surface area contributed by atoms with Crippen molar-refractivity contribution in [1.82, 2.24) is 4.72 Å². The third-order valence-electron chi connectivity index (χ3n) is 3.47. The van der Waals surface area contributed by atoms with Gasteiger partial charge in [-0.25, -0.2) is 13.1 Å². The van der Waals surface area contributed by atoms with Crippen molar-refractivity contribution in [3.8, 4) is 0 Å². The average Bonchev–Trinajstić information content (AvgIpc) is 3.06. The standard InChI is InChI=1S/C14H15ClN2O2S2/c15-13-5-6-14(20-13)21(18,19)16-8-10-17-9-7-11-3-1-2-4-12(11)17/h1-6,16H,7-10H2. The van der Waals surface area contributed by atoms with E-state index in [0.29, 0.717) is 17.4 Å². The van der Waals surface area contributed by atoms with E-state index in [0.717, 1.165) is 24.3 Å². The Bertz CT molecular complexity index is 743. The molecule has 0 bridgehead atoms. The molecule has 1 aliphatic rings. The molecule has 3 rings (SSSR count). The predicted octanol–water partition coefficient (Wildman–Crippen LogP) is 2.74. The number of benzene rings is 1. The zero-order valence-electron chi connectivity index (χ0n) is 11.3. The number of sulfonamides is 1. The van der Waals surface area contributed by atoms with Gasteiger partial charge in [0.2, 0.25) is 10.0 Å². The van der Waals surface area contributed by atoms with Gasteiger partial charge in [0.05, 0.1) is 4.34 Å². The van der Waals surface area contributed by atoms with Crippen LogP contribution in [0.2, 0.25) is 4.34 Å². The van der Waals surface area contributed by atoms with Crippen LogP contribution in [-0.4, -0.2) is 28.1 Å². The monoisotopic (exact) mass is 342 g/mol. The molecule has 0 radical (unpaired) electrons. The van der Waals surface area contributed by atoms with Crippen LogP contribution in [0.5, 0.6) is 0 Å². The summed E-state index contributed by atoms with van der Waals surface area (Å²) < 4.78 is 27.5. The first-order valence-electron chi connectivity index (χ1n) is 6.64. The lowest BCUT2D eigenvalue weighted by Crippen LogP contribution is -2.33. The van der Waals surface area contributed by atoms with Gasteiger partial charge in [0.25, 0.3) is 0 Å². The first kappa shape index (κ1) is 14.8. The summed E-state index contributed by atoms with van der Waals surface area (Å²) in [6.45, 7) is 1.98. The summed E-state index contributed by atoms with van der Waals surface area (Å²) in [5.41, 5.74) is 2.53. The highest BCUT2D eigenvalue weighted by Crippen LogP contribution is 2.27. The predicted molar refractivity (Wildman–Crippen MR) is 86.9 cm³/mol. The number of hydrogen-bond donors (Lipinski definition) is 1. The van der Waals surface area contributed by atoms with Crippen LogP contribution in [0.1, 0.15) is 5.56 Å². The molecule has 0 fully saturated rings. The van der Waals surface area contributed by atoms with E-state index in [1.54, 1.807) is 6.07 Å². The minimum atomic E-state index is -3.45. The average molecular weight is 343 g/mol. The van der Waals surface area contributed by atoms with Gasteiger partial charge in [-0.2, -0.15) is 0 Å². The van der Waals surface area contributed by atoms with Crippen LogP contribution in [0, 0.1) is 0 Å². The molecule has 21 heavy (non-hydrogen) atoms. The number of nitrogens with one attached hydrogen (secondary N) is 1. The zero-order valence-corrected chi connectivity index (χ0v) is 13.6. The molecule has 0 spiro atoms.